The van der Waals surface area contributed by atoms with E-state index < -0.39 is 6.04 Å². The Morgan fingerprint density at radius 2 is 2.12 bits per heavy atom. The fourth-order valence-corrected chi connectivity index (χ4v) is 2.87. The third kappa shape index (κ3) is 5.05. The number of amides is 3. The summed E-state index contributed by atoms with van der Waals surface area (Å²) in [7, 11) is 3.25. The van der Waals surface area contributed by atoms with E-state index in [1.165, 1.54) is 4.90 Å². The molecule has 0 radical (unpaired) electrons. The Morgan fingerprint density at radius 3 is 2.77 bits per heavy atom. The van der Waals surface area contributed by atoms with Crippen molar-refractivity contribution in [3.8, 4) is 5.75 Å². The average molecular weight is 361 g/mol. The van der Waals surface area contributed by atoms with Gasteiger partial charge in [-0.3, -0.25) is 24.2 Å². The Bertz CT molecular complexity index is 675. The highest BCUT2D eigenvalue weighted by Gasteiger charge is 2.40. The van der Waals surface area contributed by atoms with Crippen LogP contribution in [0.5, 0.6) is 5.75 Å². The maximum atomic E-state index is 12.5. The molecule has 1 aliphatic rings. The molecule has 1 saturated heterocycles. The van der Waals surface area contributed by atoms with E-state index in [1.54, 1.807) is 43.3 Å². The summed E-state index contributed by atoms with van der Waals surface area (Å²) in [5, 5.41) is 2.78. The van der Waals surface area contributed by atoms with Crippen molar-refractivity contribution in [2.75, 3.05) is 32.6 Å². The molecule has 142 valence electrons. The van der Waals surface area contributed by atoms with E-state index in [2.05, 4.69) is 19.2 Å². The number of nitrogens with zero attached hydrogens (tertiary/aromatic N) is 2. The highest BCUT2D eigenvalue weighted by molar-refractivity contribution is 6.05. The molecule has 1 N–H and O–H groups in total. The van der Waals surface area contributed by atoms with Crippen LogP contribution >= 0.6 is 0 Å². The largest absolute Gasteiger partial charge is 0.497 e. The monoisotopic (exact) mass is 361 g/mol. The minimum absolute atomic E-state index is 0.0267. The first kappa shape index (κ1) is 19.9. The second-order valence-electron chi connectivity index (χ2n) is 6.98. The zero-order valence-corrected chi connectivity index (χ0v) is 15.8. The number of benzene rings is 1. The molecule has 1 fully saturated rings. The van der Waals surface area contributed by atoms with E-state index in [9.17, 15) is 14.4 Å². The summed E-state index contributed by atoms with van der Waals surface area (Å²) in [5.41, 5.74) is 0.620. The third-order valence-electron chi connectivity index (χ3n) is 4.43. The Kier molecular flexibility index (Phi) is 6.74. The highest BCUT2D eigenvalue weighted by Crippen LogP contribution is 2.20. The van der Waals surface area contributed by atoms with Crippen molar-refractivity contribution in [1.82, 2.24) is 9.80 Å². The molecule has 0 spiro atoms. The second-order valence-corrected chi connectivity index (χ2v) is 6.98. The first-order valence-electron chi connectivity index (χ1n) is 8.80. The molecule has 2 rings (SSSR count). The number of methoxy groups -OCH3 is 1. The Morgan fingerprint density at radius 1 is 1.38 bits per heavy atom. The van der Waals surface area contributed by atoms with Gasteiger partial charge in [-0.1, -0.05) is 19.9 Å². The smallest absolute Gasteiger partial charge is 0.247 e. The van der Waals surface area contributed by atoms with E-state index in [1.807, 2.05) is 0 Å². The van der Waals surface area contributed by atoms with E-state index in [4.69, 9.17) is 4.74 Å². The van der Waals surface area contributed by atoms with Gasteiger partial charge in [-0.2, -0.15) is 0 Å². The number of likely N-dealkylation sites (tertiary alicyclic amines) is 1. The summed E-state index contributed by atoms with van der Waals surface area (Å²) in [6.07, 6.45) is 0.907. The molecule has 0 unspecified atom stereocenters. The molecule has 1 heterocycles. The van der Waals surface area contributed by atoms with Crippen molar-refractivity contribution >= 4 is 23.4 Å². The lowest BCUT2D eigenvalue weighted by atomic mass is 10.1. The first-order chi connectivity index (χ1) is 12.3. The quantitative estimate of drug-likeness (QED) is 0.714. The van der Waals surface area contributed by atoms with Gasteiger partial charge in [0, 0.05) is 18.3 Å². The van der Waals surface area contributed by atoms with Crippen molar-refractivity contribution in [2.24, 2.45) is 5.92 Å². The van der Waals surface area contributed by atoms with Gasteiger partial charge in [-0.25, -0.2) is 0 Å². The van der Waals surface area contributed by atoms with Crippen molar-refractivity contribution < 1.29 is 19.1 Å². The van der Waals surface area contributed by atoms with Gasteiger partial charge in [-0.15, -0.1) is 0 Å². The van der Waals surface area contributed by atoms with Crippen LogP contribution in [0.2, 0.25) is 0 Å². The van der Waals surface area contributed by atoms with E-state index in [-0.39, 0.29) is 30.7 Å². The number of nitrogens with one attached hydrogen (secondary N) is 1. The van der Waals surface area contributed by atoms with Gasteiger partial charge >= 0.3 is 0 Å². The van der Waals surface area contributed by atoms with Crippen LogP contribution < -0.4 is 10.1 Å². The number of carbonyl (C=O) groups excluding carboxylic acids is 3. The molecule has 7 nitrogen and oxygen atoms in total. The zero-order chi connectivity index (χ0) is 19.3. The number of hydrogen-bond donors (Lipinski definition) is 1. The molecular formula is C19H27N3O4. The minimum atomic E-state index is -0.578. The molecule has 0 aromatic heterocycles. The second kappa shape index (κ2) is 8.80. The van der Waals surface area contributed by atoms with E-state index >= 15 is 0 Å². The van der Waals surface area contributed by atoms with E-state index in [0.717, 1.165) is 6.42 Å². The maximum absolute atomic E-state index is 12.5. The lowest BCUT2D eigenvalue weighted by molar-refractivity contribution is -0.139. The molecule has 0 bridgehead atoms. The van der Waals surface area contributed by atoms with Crippen LogP contribution in [0.3, 0.4) is 0 Å². The van der Waals surface area contributed by atoms with E-state index in [0.29, 0.717) is 23.9 Å². The summed E-state index contributed by atoms with van der Waals surface area (Å²) in [6.45, 7) is 4.57. The molecule has 3 amide bonds. The van der Waals surface area contributed by atoms with Gasteiger partial charge < -0.3 is 10.1 Å². The number of likely N-dealkylation sites (N-methyl/N-ethyl adjacent to an activating group) is 1. The van der Waals surface area contributed by atoms with Crippen LogP contribution in [0.25, 0.3) is 0 Å². The first-order valence-corrected chi connectivity index (χ1v) is 8.80. The summed E-state index contributed by atoms with van der Waals surface area (Å²) < 4.78 is 5.13. The Balaban J connectivity index is 1.92. The van der Waals surface area contributed by atoms with Gasteiger partial charge in [0.1, 0.15) is 5.75 Å². The summed E-state index contributed by atoms with van der Waals surface area (Å²) in [4.78, 5) is 39.8. The van der Waals surface area contributed by atoms with Crippen molar-refractivity contribution in [3.63, 3.8) is 0 Å². The molecule has 1 aromatic carbocycles. The number of rotatable bonds is 8. The predicted octanol–water partition coefficient (Wildman–Crippen LogP) is 1.74. The van der Waals surface area contributed by atoms with Gasteiger partial charge in [0.2, 0.25) is 17.7 Å². The van der Waals surface area contributed by atoms with Gasteiger partial charge in [-0.05, 0) is 31.5 Å². The molecule has 1 atom stereocenters. The molecular weight excluding hydrogens is 334 g/mol. The maximum Gasteiger partial charge on any atom is 0.247 e. The molecule has 0 saturated carbocycles. The molecule has 1 aliphatic heterocycles. The summed E-state index contributed by atoms with van der Waals surface area (Å²) in [6, 6.07) is 6.47. The summed E-state index contributed by atoms with van der Waals surface area (Å²) >= 11 is 0. The predicted molar refractivity (Wildman–Crippen MR) is 98.8 cm³/mol. The Hall–Kier alpha value is -2.41. The number of imide groups is 1. The van der Waals surface area contributed by atoms with Crippen LogP contribution in [0.1, 0.15) is 26.7 Å². The van der Waals surface area contributed by atoms with Crippen LogP contribution in [-0.4, -0.2) is 60.8 Å². The highest BCUT2D eigenvalue weighted by atomic mass is 16.5. The van der Waals surface area contributed by atoms with Crippen LogP contribution in [0, 0.1) is 5.92 Å². The lowest BCUT2D eigenvalue weighted by Gasteiger charge is -2.22. The van der Waals surface area contributed by atoms with Crippen molar-refractivity contribution in [1.29, 1.82) is 0 Å². The Labute approximate surface area is 154 Å². The van der Waals surface area contributed by atoms with Gasteiger partial charge in [0.25, 0.3) is 0 Å². The standard InChI is InChI=1S/C19H27N3O4/c1-13(2)8-9-22-18(24)11-16(19(22)25)21(3)12-17(23)20-14-6-5-7-15(10-14)26-4/h5-7,10,13,16H,8-9,11-12H2,1-4H3,(H,20,23)/t16-/m1/s1. The third-order valence-corrected chi connectivity index (χ3v) is 4.43. The number of carbonyl (C=O) groups is 3. The molecule has 1 aromatic rings. The zero-order valence-electron chi connectivity index (χ0n) is 15.8. The minimum Gasteiger partial charge on any atom is -0.497 e. The topological polar surface area (TPSA) is 79.0 Å². The van der Waals surface area contributed by atoms with Crippen LogP contribution in [-0.2, 0) is 14.4 Å². The normalized spacial score (nSPS) is 17.3. The fraction of sp³-hybridized carbons (Fsp3) is 0.526. The van der Waals surface area contributed by atoms with Gasteiger partial charge in [0.15, 0.2) is 0 Å². The van der Waals surface area contributed by atoms with Crippen molar-refractivity contribution in [3.05, 3.63) is 24.3 Å². The number of ether oxygens (including phenoxy) is 1. The van der Waals surface area contributed by atoms with Crippen LogP contribution in [0.4, 0.5) is 5.69 Å². The summed E-state index contributed by atoms with van der Waals surface area (Å²) in [5.74, 6) is 0.434. The molecule has 7 heteroatoms. The number of hydrogen-bond acceptors (Lipinski definition) is 5. The molecule has 26 heavy (non-hydrogen) atoms. The van der Waals surface area contributed by atoms with Gasteiger partial charge in [0.05, 0.1) is 26.1 Å². The number of anilines is 1. The lowest BCUT2D eigenvalue weighted by Crippen LogP contribution is -2.43. The SMILES string of the molecule is COc1cccc(NC(=O)CN(C)[C@@H]2CC(=O)N(CCC(C)C)C2=O)c1. The van der Waals surface area contributed by atoms with Crippen molar-refractivity contribution in [2.45, 2.75) is 32.7 Å². The fourth-order valence-electron chi connectivity index (χ4n) is 2.87. The van der Waals surface area contributed by atoms with Crippen LogP contribution in [0.15, 0.2) is 24.3 Å². The average Bonchev–Trinajstić information content (AvgIpc) is 2.87. The molecule has 0 aliphatic carbocycles.